The van der Waals surface area contributed by atoms with Gasteiger partial charge in [0.1, 0.15) is 0 Å². The summed E-state index contributed by atoms with van der Waals surface area (Å²) in [4.78, 5) is 0. The van der Waals surface area contributed by atoms with E-state index in [2.05, 4.69) is 63.0 Å². The van der Waals surface area contributed by atoms with Crippen LogP contribution < -0.4 is 5.19 Å². The lowest BCUT2D eigenvalue weighted by Gasteiger charge is -2.31. The molecule has 0 amide bonds. The summed E-state index contributed by atoms with van der Waals surface area (Å²) in [6.45, 7) is 11.6. The van der Waals surface area contributed by atoms with E-state index in [0.717, 1.165) is 0 Å². The molecule has 0 spiro atoms. The quantitative estimate of drug-likeness (QED) is 0.398. The molecule has 0 N–H and O–H groups in total. The SMILES string of the molecule is C=CC(CCC)C(C[Si](C)(C)c1ccccc1)=C1CCCCC1. The summed E-state index contributed by atoms with van der Waals surface area (Å²) >= 11 is 0. The zero-order chi connectivity index (χ0) is 16.7. The molecule has 0 aliphatic heterocycles. The van der Waals surface area contributed by atoms with Gasteiger partial charge in [0, 0.05) is 0 Å². The van der Waals surface area contributed by atoms with Crippen LogP contribution in [0.1, 0.15) is 51.9 Å². The average Bonchev–Trinajstić information content (AvgIpc) is 2.59. The van der Waals surface area contributed by atoms with Crippen LogP contribution in [-0.4, -0.2) is 8.07 Å². The van der Waals surface area contributed by atoms with E-state index < -0.39 is 8.07 Å². The van der Waals surface area contributed by atoms with Crippen LogP contribution in [-0.2, 0) is 0 Å². The molecule has 23 heavy (non-hydrogen) atoms. The van der Waals surface area contributed by atoms with Crippen LogP contribution in [0.25, 0.3) is 0 Å². The largest absolute Gasteiger partial charge is 0.102 e. The monoisotopic (exact) mass is 326 g/mol. The maximum absolute atomic E-state index is 4.18. The molecule has 1 aliphatic carbocycles. The van der Waals surface area contributed by atoms with Crippen molar-refractivity contribution >= 4 is 13.3 Å². The van der Waals surface area contributed by atoms with Crippen LogP contribution in [0.3, 0.4) is 0 Å². The topological polar surface area (TPSA) is 0 Å². The predicted octanol–water partition coefficient (Wildman–Crippen LogP) is 6.47. The van der Waals surface area contributed by atoms with E-state index in [1.165, 1.54) is 51.0 Å². The highest BCUT2D eigenvalue weighted by Crippen LogP contribution is 2.36. The molecule has 0 aromatic heterocycles. The van der Waals surface area contributed by atoms with Gasteiger partial charge in [0.05, 0.1) is 8.07 Å². The van der Waals surface area contributed by atoms with E-state index in [1.807, 2.05) is 0 Å². The van der Waals surface area contributed by atoms with Gasteiger partial charge in [-0.25, -0.2) is 0 Å². The Hall–Kier alpha value is -1.08. The summed E-state index contributed by atoms with van der Waals surface area (Å²) in [6.07, 6.45) is 11.6. The van der Waals surface area contributed by atoms with Crippen molar-refractivity contribution in [3.8, 4) is 0 Å². The first-order chi connectivity index (χ1) is 11.1. The van der Waals surface area contributed by atoms with Gasteiger partial charge in [-0.05, 0) is 44.1 Å². The smallest absolute Gasteiger partial charge is 0.0846 e. The first-order valence-electron chi connectivity index (χ1n) is 9.47. The third-order valence-electron chi connectivity index (χ3n) is 5.43. The Morgan fingerprint density at radius 2 is 1.78 bits per heavy atom. The maximum atomic E-state index is 4.18. The van der Waals surface area contributed by atoms with Crippen molar-refractivity contribution in [3.05, 3.63) is 54.1 Å². The molecule has 1 aromatic carbocycles. The second kappa shape index (κ2) is 8.68. The zero-order valence-corrected chi connectivity index (χ0v) is 16.4. The predicted molar refractivity (Wildman–Crippen MR) is 107 cm³/mol. The Kier molecular flexibility index (Phi) is 6.89. The molecule has 1 heteroatoms. The van der Waals surface area contributed by atoms with E-state index in [4.69, 9.17) is 0 Å². The lowest BCUT2D eigenvalue weighted by Crippen LogP contribution is -2.42. The van der Waals surface area contributed by atoms with E-state index in [0.29, 0.717) is 5.92 Å². The normalized spacial score (nSPS) is 16.9. The molecule has 126 valence electrons. The third-order valence-corrected chi connectivity index (χ3v) is 8.59. The Morgan fingerprint density at radius 1 is 1.13 bits per heavy atom. The van der Waals surface area contributed by atoms with Gasteiger partial charge in [-0.15, -0.1) is 6.58 Å². The molecule has 1 atom stereocenters. The van der Waals surface area contributed by atoms with Gasteiger partial charge in [0.2, 0.25) is 0 Å². The van der Waals surface area contributed by atoms with Gasteiger partial charge in [-0.2, -0.15) is 0 Å². The Labute approximate surface area is 144 Å². The van der Waals surface area contributed by atoms with Crippen LogP contribution >= 0.6 is 0 Å². The molecule has 1 fully saturated rings. The van der Waals surface area contributed by atoms with Crippen molar-refractivity contribution in [2.24, 2.45) is 5.92 Å². The molecule has 2 rings (SSSR count). The summed E-state index contributed by atoms with van der Waals surface area (Å²) < 4.78 is 0. The second-order valence-electron chi connectivity index (χ2n) is 7.75. The van der Waals surface area contributed by atoms with Gasteiger partial charge in [0.15, 0.2) is 0 Å². The highest BCUT2D eigenvalue weighted by molar-refractivity contribution is 6.90. The summed E-state index contributed by atoms with van der Waals surface area (Å²) in [7, 11) is -1.44. The fraction of sp³-hybridized carbons (Fsp3) is 0.545. The number of rotatable bonds is 7. The molecule has 0 nitrogen and oxygen atoms in total. The fourth-order valence-corrected chi connectivity index (χ4v) is 6.79. The first kappa shape index (κ1) is 18.3. The number of hydrogen-bond acceptors (Lipinski definition) is 0. The van der Waals surface area contributed by atoms with E-state index in [-0.39, 0.29) is 0 Å². The summed E-state index contributed by atoms with van der Waals surface area (Å²) in [6, 6.07) is 12.5. The first-order valence-corrected chi connectivity index (χ1v) is 12.7. The van der Waals surface area contributed by atoms with Crippen molar-refractivity contribution in [1.29, 1.82) is 0 Å². The van der Waals surface area contributed by atoms with Crippen LogP contribution in [0.15, 0.2) is 54.1 Å². The van der Waals surface area contributed by atoms with Crippen LogP contribution in [0.2, 0.25) is 19.1 Å². The van der Waals surface area contributed by atoms with Gasteiger partial charge < -0.3 is 0 Å². The number of benzene rings is 1. The van der Waals surface area contributed by atoms with Gasteiger partial charge in [0.25, 0.3) is 0 Å². The molecular formula is C22H34Si. The third kappa shape index (κ3) is 4.94. The standard InChI is InChI=1S/C22H34Si/c1-5-13-19(6-2)22(20-14-9-7-10-15-20)18-23(3,4)21-16-11-8-12-17-21/h6,8,11-12,16-17,19H,2,5,7,9-10,13-15,18H2,1,3-4H3. The zero-order valence-electron chi connectivity index (χ0n) is 15.4. The molecule has 1 aliphatic rings. The van der Waals surface area contributed by atoms with Gasteiger partial charge >= 0.3 is 0 Å². The highest BCUT2D eigenvalue weighted by atomic mass is 28.3. The summed E-state index contributed by atoms with van der Waals surface area (Å²) in [5.74, 6) is 0.601. The van der Waals surface area contributed by atoms with E-state index in [9.17, 15) is 0 Å². The molecule has 1 saturated carbocycles. The van der Waals surface area contributed by atoms with Crippen molar-refractivity contribution in [2.45, 2.75) is 71.0 Å². The Balaban J connectivity index is 2.32. The molecule has 0 saturated heterocycles. The average molecular weight is 327 g/mol. The van der Waals surface area contributed by atoms with Crippen LogP contribution in [0, 0.1) is 5.92 Å². The Morgan fingerprint density at radius 3 is 2.35 bits per heavy atom. The number of hydrogen-bond donors (Lipinski definition) is 0. The minimum atomic E-state index is -1.44. The lowest BCUT2D eigenvalue weighted by molar-refractivity contribution is 0.569. The molecule has 0 radical (unpaired) electrons. The molecule has 1 unspecified atom stereocenters. The van der Waals surface area contributed by atoms with Crippen LogP contribution in [0.5, 0.6) is 0 Å². The second-order valence-corrected chi connectivity index (χ2v) is 12.4. The van der Waals surface area contributed by atoms with Gasteiger partial charge in [-0.1, -0.05) is 85.6 Å². The van der Waals surface area contributed by atoms with Crippen molar-refractivity contribution in [3.63, 3.8) is 0 Å². The minimum Gasteiger partial charge on any atom is -0.102 e. The Bertz CT molecular complexity index is 516. The molecule has 0 heterocycles. The van der Waals surface area contributed by atoms with Gasteiger partial charge in [-0.3, -0.25) is 0 Å². The summed E-state index contributed by atoms with van der Waals surface area (Å²) in [5.41, 5.74) is 3.55. The number of allylic oxidation sites excluding steroid dienone is 3. The van der Waals surface area contributed by atoms with Crippen molar-refractivity contribution < 1.29 is 0 Å². The fourth-order valence-electron chi connectivity index (χ4n) is 4.03. The minimum absolute atomic E-state index is 0.601. The van der Waals surface area contributed by atoms with E-state index in [1.54, 1.807) is 16.3 Å². The molecular weight excluding hydrogens is 292 g/mol. The lowest BCUT2D eigenvalue weighted by atomic mass is 9.84. The van der Waals surface area contributed by atoms with Crippen molar-refractivity contribution in [2.75, 3.05) is 0 Å². The highest BCUT2D eigenvalue weighted by Gasteiger charge is 2.28. The van der Waals surface area contributed by atoms with E-state index >= 15 is 0 Å². The van der Waals surface area contributed by atoms with Crippen LogP contribution in [0.4, 0.5) is 0 Å². The maximum Gasteiger partial charge on any atom is 0.0846 e. The summed E-state index contributed by atoms with van der Waals surface area (Å²) in [5, 5.41) is 1.59. The molecule has 0 bridgehead atoms. The molecule has 1 aromatic rings. The van der Waals surface area contributed by atoms with Crippen molar-refractivity contribution in [1.82, 2.24) is 0 Å².